The van der Waals surface area contributed by atoms with Crippen LogP contribution >= 0.6 is 0 Å². The summed E-state index contributed by atoms with van der Waals surface area (Å²) < 4.78 is 15.1. The van der Waals surface area contributed by atoms with E-state index in [-0.39, 0.29) is 0 Å². The lowest BCUT2D eigenvalue weighted by Gasteiger charge is -2.19. The highest BCUT2D eigenvalue weighted by atomic mass is 16.6. The van der Waals surface area contributed by atoms with Crippen molar-refractivity contribution in [1.29, 1.82) is 0 Å². The predicted octanol–water partition coefficient (Wildman–Crippen LogP) is 1.69. The Kier molecular flexibility index (Phi) is 7.37. The molecule has 0 radical (unpaired) electrons. The van der Waals surface area contributed by atoms with Crippen molar-refractivity contribution in [3.8, 4) is 0 Å². The topological polar surface area (TPSA) is 56.8 Å². The molecule has 0 aliphatic rings. The molecule has 0 saturated heterocycles. The van der Waals surface area contributed by atoms with Crippen LogP contribution in [0.2, 0.25) is 0 Å². The van der Waals surface area contributed by atoms with Gasteiger partial charge in [0.25, 0.3) is 0 Å². The summed E-state index contributed by atoms with van der Waals surface area (Å²) in [5.74, 6) is 0. The van der Waals surface area contributed by atoms with Crippen LogP contribution < -0.4 is 5.32 Å². The van der Waals surface area contributed by atoms with Crippen molar-refractivity contribution in [2.24, 2.45) is 0 Å². The van der Waals surface area contributed by atoms with E-state index in [9.17, 15) is 4.79 Å². The SMILES string of the molecule is C=COCCOCCNC(=O)OC(C)(C)C. The van der Waals surface area contributed by atoms with Gasteiger partial charge in [0, 0.05) is 6.54 Å². The smallest absolute Gasteiger partial charge is 0.407 e. The van der Waals surface area contributed by atoms with Crippen LogP contribution in [0.5, 0.6) is 0 Å². The molecule has 0 spiro atoms. The van der Waals surface area contributed by atoms with Gasteiger partial charge in [-0.15, -0.1) is 0 Å². The number of amides is 1. The molecular formula is C11H21NO4. The molecule has 0 unspecified atom stereocenters. The Hall–Kier alpha value is -1.23. The number of hydrogen-bond donors (Lipinski definition) is 1. The van der Waals surface area contributed by atoms with Crippen molar-refractivity contribution in [3.05, 3.63) is 12.8 Å². The molecule has 0 rings (SSSR count). The zero-order valence-corrected chi connectivity index (χ0v) is 10.2. The molecule has 0 aliphatic heterocycles. The van der Waals surface area contributed by atoms with Gasteiger partial charge in [0.2, 0.25) is 0 Å². The Balaban J connectivity index is 3.31. The molecule has 0 saturated carbocycles. The van der Waals surface area contributed by atoms with Crippen molar-refractivity contribution in [2.45, 2.75) is 26.4 Å². The first-order chi connectivity index (χ1) is 7.45. The second kappa shape index (κ2) is 7.98. The van der Waals surface area contributed by atoms with Crippen LogP contribution in [0.3, 0.4) is 0 Å². The molecule has 94 valence electrons. The summed E-state index contributed by atoms with van der Waals surface area (Å²) in [7, 11) is 0. The van der Waals surface area contributed by atoms with Crippen molar-refractivity contribution < 1.29 is 19.0 Å². The molecule has 1 amide bonds. The largest absolute Gasteiger partial charge is 0.499 e. The van der Waals surface area contributed by atoms with Crippen LogP contribution in [0.15, 0.2) is 12.8 Å². The van der Waals surface area contributed by atoms with Gasteiger partial charge in [-0.2, -0.15) is 0 Å². The summed E-state index contributed by atoms with van der Waals surface area (Å²) in [6.07, 6.45) is 0.931. The van der Waals surface area contributed by atoms with Crippen LogP contribution in [0, 0.1) is 0 Å². The standard InChI is InChI=1S/C11H21NO4/c1-5-14-8-9-15-7-6-12-10(13)16-11(2,3)4/h5H,1,6-9H2,2-4H3,(H,12,13). The summed E-state index contributed by atoms with van der Waals surface area (Å²) in [6, 6.07) is 0. The Bertz CT molecular complexity index is 211. The van der Waals surface area contributed by atoms with Gasteiger partial charge >= 0.3 is 6.09 Å². The van der Waals surface area contributed by atoms with E-state index in [1.54, 1.807) is 0 Å². The van der Waals surface area contributed by atoms with Gasteiger partial charge < -0.3 is 19.5 Å². The average molecular weight is 231 g/mol. The minimum Gasteiger partial charge on any atom is -0.499 e. The number of nitrogens with one attached hydrogen (secondary N) is 1. The molecule has 16 heavy (non-hydrogen) atoms. The highest BCUT2D eigenvalue weighted by molar-refractivity contribution is 5.67. The molecular weight excluding hydrogens is 210 g/mol. The summed E-state index contributed by atoms with van der Waals surface area (Å²) in [5, 5.41) is 2.58. The molecule has 5 nitrogen and oxygen atoms in total. The Morgan fingerprint density at radius 2 is 2.00 bits per heavy atom. The maximum absolute atomic E-state index is 11.2. The molecule has 0 aliphatic carbocycles. The normalized spacial score (nSPS) is 10.7. The summed E-state index contributed by atoms with van der Waals surface area (Å²) >= 11 is 0. The lowest BCUT2D eigenvalue weighted by Crippen LogP contribution is -2.34. The fourth-order valence-corrected chi connectivity index (χ4v) is 0.832. The van der Waals surface area contributed by atoms with Gasteiger partial charge in [-0.3, -0.25) is 0 Å². The number of rotatable bonds is 7. The maximum atomic E-state index is 11.2. The van der Waals surface area contributed by atoms with E-state index in [4.69, 9.17) is 14.2 Å². The molecule has 1 N–H and O–H groups in total. The first-order valence-corrected chi connectivity index (χ1v) is 5.23. The van der Waals surface area contributed by atoms with Crippen LogP contribution in [0.25, 0.3) is 0 Å². The van der Waals surface area contributed by atoms with E-state index in [2.05, 4.69) is 11.9 Å². The maximum Gasteiger partial charge on any atom is 0.407 e. The minimum atomic E-state index is -0.470. The fourth-order valence-electron chi connectivity index (χ4n) is 0.832. The first-order valence-electron chi connectivity index (χ1n) is 5.23. The van der Waals surface area contributed by atoms with E-state index >= 15 is 0 Å². The molecule has 0 heterocycles. The monoisotopic (exact) mass is 231 g/mol. The Morgan fingerprint density at radius 1 is 1.31 bits per heavy atom. The third-order valence-corrected chi connectivity index (χ3v) is 1.38. The van der Waals surface area contributed by atoms with Crippen molar-refractivity contribution in [1.82, 2.24) is 5.32 Å². The molecule has 0 aromatic heterocycles. The molecule has 0 fully saturated rings. The van der Waals surface area contributed by atoms with Gasteiger partial charge in [-0.25, -0.2) is 4.79 Å². The van der Waals surface area contributed by atoms with Crippen LogP contribution in [0.4, 0.5) is 4.79 Å². The predicted molar refractivity (Wildman–Crippen MR) is 61.2 cm³/mol. The van der Waals surface area contributed by atoms with Gasteiger partial charge in [0.15, 0.2) is 0 Å². The van der Waals surface area contributed by atoms with Crippen LogP contribution in [-0.2, 0) is 14.2 Å². The summed E-state index contributed by atoms with van der Waals surface area (Å²) in [4.78, 5) is 11.2. The molecule has 0 aromatic carbocycles. The molecule has 5 heteroatoms. The van der Waals surface area contributed by atoms with Crippen LogP contribution in [-0.4, -0.2) is 38.1 Å². The minimum absolute atomic E-state index is 0.420. The van der Waals surface area contributed by atoms with Crippen molar-refractivity contribution in [3.63, 3.8) is 0 Å². The van der Waals surface area contributed by atoms with Crippen LogP contribution in [0.1, 0.15) is 20.8 Å². The zero-order chi connectivity index (χ0) is 12.4. The fraction of sp³-hybridized carbons (Fsp3) is 0.727. The summed E-state index contributed by atoms with van der Waals surface area (Å²) in [6.45, 7) is 10.6. The van der Waals surface area contributed by atoms with E-state index in [0.29, 0.717) is 26.4 Å². The van der Waals surface area contributed by atoms with Crippen molar-refractivity contribution >= 4 is 6.09 Å². The van der Waals surface area contributed by atoms with Gasteiger partial charge in [0.1, 0.15) is 12.2 Å². The quantitative estimate of drug-likeness (QED) is 0.535. The number of carbonyl (C=O) groups excluding carboxylic acids is 1. The third kappa shape index (κ3) is 10.8. The number of ether oxygens (including phenoxy) is 3. The highest BCUT2D eigenvalue weighted by Gasteiger charge is 2.15. The van der Waals surface area contributed by atoms with E-state index in [1.807, 2.05) is 20.8 Å². The van der Waals surface area contributed by atoms with Crippen molar-refractivity contribution in [2.75, 3.05) is 26.4 Å². The van der Waals surface area contributed by atoms with Gasteiger partial charge in [0.05, 0.1) is 19.5 Å². The number of hydrogen-bond acceptors (Lipinski definition) is 4. The Morgan fingerprint density at radius 3 is 2.56 bits per heavy atom. The second-order valence-corrected chi connectivity index (χ2v) is 4.08. The average Bonchev–Trinajstić information content (AvgIpc) is 2.13. The lowest BCUT2D eigenvalue weighted by atomic mass is 10.2. The van der Waals surface area contributed by atoms with E-state index < -0.39 is 11.7 Å². The van der Waals surface area contributed by atoms with Gasteiger partial charge in [-0.1, -0.05) is 6.58 Å². The highest BCUT2D eigenvalue weighted by Crippen LogP contribution is 2.05. The van der Waals surface area contributed by atoms with E-state index in [0.717, 1.165) is 0 Å². The summed E-state index contributed by atoms with van der Waals surface area (Å²) in [5.41, 5.74) is -0.470. The second-order valence-electron chi connectivity index (χ2n) is 4.08. The number of alkyl carbamates (subject to hydrolysis) is 1. The Labute approximate surface area is 96.8 Å². The molecule has 0 bridgehead atoms. The third-order valence-electron chi connectivity index (χ3n) is 1.38. The number of carbonyl (C=O) groups is 1. The molecule has 0 atom stereocenters. The molecule has 0 aromatic rings. The van der Waals surface area contributed by atoms with E-state index in [1.165, 1.54) is 6.26 Å². The zero-order valence-electron chi connectivity index (χ0n) is 10.2. The first kappa shape index (κ1) is 14.8. The lowest BCUT2D eigenvalue weighted by molar-refractivity contribution is 0.0479. The van der Waals surface area contributed by atoms with Gasteiger partial charge in [-0.05, 0) is 20.8 Å².